The number of furan rings is 1. The lowest BCUT2D eigenvalue weighted by molar-refractivity contribution is 0.0313. The Kier molecular flexibility index (Phi) is 5.84. The summed E-state index contributed by atoms with van der Waals surface area (Å²) in [5, 5.41) is 7.37. The number of aromatic nitrogens is 2. The highest BCUT2D eigenvalue weighted by Crippen LogP contribution is 2.17. The largest absolute Gasteiger partial charge is 0.467 e. The molecule has 1 aliphatic rings. The average molecular weight is 380 g/mol. The van der Waals surface area contributed by atoms with Crippen molar-refractivity contribution in [3.05, 3.63) is 78.0 Å². The molecule has 1 fully saturated rings. The standard InChI is InChI=1S/C21H24N4O3/c26-21(18-13-19(28-16-18)14-24-9-11-27-12-10-24)23-20(15-25-8-4-7-22-25)17-5-2-1-3-6-17/h1-8,13,16,20H,9-12,14-15H2,(H,23,26)/t20-/m1/s1. The molecule has 0 radical (unpaired) electrons. The van der Waals surface area contributed by atoms with Crippen molar-refractivity contribution < 1.29 is 13.9 Å². The number of benzene rings is 1. The van der Waals surface area contributed by atoms with Crippen LogP contribution < -0.4 is 5.32 Å². The first-order valence-electron chi connectivity index (χ1n) is 9.49. The van der Waals surface area contributed by atoms with E-state index in [0.29, 0.717) is 18.7 Å². The van der Waals surface area contributed by atoms with Gasteiger partial charge in [-0.3, -0.25) is 14.4 Å². The van der Waals surface area contributed by atoms with Crippen LogP contribution in [-0.2, 0) is 17.8 Å². The molecule has 1 amide bonds. The molecule has 4 rings (SSSR count). The smallest absolute Gasteiger partial charge is 0.255 e. The number of hydrogen-bond acceptors (Lipinski definition) is 5. The molecule has 1 aliphatic heterocycles. The third kappa shape index (κ3) is 4.68. The number of carbonyl (C=O) groups excluding carboxylic acids is 1. The van der Waals surface area contributed by atoms with Crippen molar-refractivity contribution in [3.8, 4) is 0 Å². The molecule has 7 nitrogen and oxygen atoms in total. The Morgan fingerprint density at radius 2 is 2.00 bits per heavy atom. The quantitative estimate of drug-likeness (QED) is 0.682. The van der Waals surface area contributed by atoms with Crippen molar-refractivity contribution in [2.75, 3.05) is 26.3 Å². The first-order chi connectivity index (χ1) is 13.8. The van der Waals surface area contributed by atoms with E-state index in [-0.39, 0.29) is 11.9 Å². The lowest BCUT2D eigenvalue weighted by atomic mass is 10.1. The second-order valence-electron chi connectivity index (χ2n) is 6.86. The molecule has 1 N–H and O–H groups in total. The molecule has 1 atom stereocenters. The van der Waals surface area contributed by atoms with E-state index in [1.165, 1.54) is 6.26 Å². The minimum atomic E-state index is -0.189. The highest BCUT2D eigenvalue weighted by Gasteiger charge is 2.19. The Hall–Kier alpha value is -2.90. The maximum Gasteiger partial charge on any atom is 0.255 e. The molecule has 1 saturated heterocycles. The van der Waals surface area contributed by atoms with Gasteiger partial charge in [-0.2, -0.15) is 5.10 Å². The van der Waals surface area contributed by atoms with E-state index in [4.69, 9.17) is 9.15 Å². The number of nitrogens with one attached hydrogen (secondary N) is 1. The summed E-state index contributed by atoms with van der Waals surface area (Å²) in [7, 11) is 0. The monoisotopic (exact) mass is 380 g/mol. The van der Waals surface area contributed by atoms with Gasteiger partial charge >= 0.3 is 0 Å². The number of rotatable bonds is 7. The molecular formula is C21H24N4O3. The van der Waals surface area contributed by atoms with E-state index in [1.54, 1.807) is 6.20 Å². The third-order valence-corrected chi connectivity index (χ3v) is 4.84. The summed E-state index contributed by atoms with van der Waals surface area (Å²) >= 11 is 0. The zero-order valence-corrected chi connectivity index (χ0v) is 15.7. The van der Waals surface area contributed by atoms with Crippen LogP contribution in [0.5, 0.6) is 0 Å². The first kappa shape index (κ1) is 18.5. The predicted octanol–water partition coefficient (Wildman–Crippen LogP) is 2.48. The van der Waals surface area contributed by atoms with Crippen LogP contribution in [0.2, 0.25) is 0 Å². The van der Waals surface area contributed by atoms with Crippen LogP contribution in [0.4, 0.5) is 0 Å². The molecule has 0 spiro atoms. The fourth-order valence-electron chi connectivity index (χ4n) is 3.32. The summed E-state index contributed by atoms with van der Waals surface area (Å²) in [5.41, 5.74) is 1.56. The molecule has 7 heteroatoms. The topological polar surface area (TPSA) is 72.5 Å². The lowest BCUT2D eigenvalue weighted by Crippen LogP contribution is -2.35. The molecule has 0 bridgehead atoms. The number of hydrogen-bond donors (Lipinski definition) is 1. The Balaban J connectivity index is 1.43. The van der Waals surface area contributed by atoms with Crippen LogP contribution in [-0.4, -0.2) is 46.9 Å². The van der Waals surface area contributed by atoms with Gasteiger partial charge in [-0.15, -0.1) is 0 Å². The van der Waals surface area contributed by atoms with Crippen LogP contribution in [0.25, 0.3) is 0 Å². The fraction of sp³-hybridized carbons (Fsp3) is 0.333. The van der Waals surface area contributed by atoms with E-state index in [0.717, 1.165) is 37.6 Å². The Bertz CT molecular complexity index is 870. The maximum absolute atomic E-state index is 12.8. The average Bonchev–Trinajstić information content (AvgIpc) is 3.41. The molecule has 146 valence electrons. The van der Waals surface area contributed by atoms with Gasteiger partial charge in [0, 0.05) is 25.5 Å². The summed E-state index contributed by atoms with van der Waals surface area (Å²) in [6.45, 7) is 4.47. The number of morpholine rings is 1. The van der Waals surface area contributed by atoms with Crippen LogP contribution in [0, 0.1) is 0 Å². The van der Waals surface area contributed by atoms with Gasteiger partial charge in [0.05, 0.1) is 37.9 Å². The van der Waals surface area contributed by atoms with Gasteiger partial charge in [0.1, 0.15) is 12.0 Å². The Labute approximate surface area is 163 Å². The van der Waals surface area contributed by atoms with Gasteiger partial charge < -0.3 is 14.5 Å². The van der Waals surface area contributed by atoms with E-state index in [9.17, 15) is 4.79 Å². The molecule has 1 aromatic carbocycles. The molecule has 0 aliphatic carbocycles. The molecule has 0 saturated carbocycles. The third-order valence-electron chi connectivity index (χ3n) is 4.84. The van der Waals surface area contributed by atoms with E-state index < -0.39 is 0 Å². The van der Waals surface area contributed by atoms with Gasteiger partial charge in [0.25, 0.3) is 5.91 Å². The van der Waals surface area contributed by atoms with Gasteiger partial charge in [0.2, 0.25) is 0 Å². The first-order valence-corrected chi connectivity index (χ1v) is 9.49. The highest BCUT2D eigenvalue weighted by atomic mass is 16.5. The highest BCUT2D eigenvalue weighted by molar-refractivity contribution is 5.94. The molecule has 3 aromatic rings. The molecule has 2 aromatic heterocycles. The normalized spacial score (nSPS) is 16.0. The minimum absolute atomic E-state index is 0.155. The van der Waals surface area contributed by atoms with Gasteiger partial charge in [-0.25, -0.2) is 0 Å². The van der Waals surface area contributed by atoms with Crippen molar-refractivity contribution in [1.82, 2.24) is 20.0 Å². The van der Waals surface area contributed by atoms with E-state index >= 15 is 0 Å². The number of carbonyl (C=O) groups is 1. The second-order valence-corrected chi connectivity index (χ2v) is 6.86. The summed E-state index contributed by atoms with van der Waals surface area (Å²) in [4.78, 5) is 15.1. The predicted molar refractivity (Wildman–Crippen MR) is 104 cm³/mol. The molecule has 0 unspecified atom stereocenters. The fourth-order valence-corrected chi connectivity index (χ4v) is 3.32. The molecular weight excluding hydrogens is 356 g/mol. The van der Waals surface area contributed by atoms with Crippen LogP contribution >= 0.6 is 0 Å². The Morgan fingerprint density at radius 1 is 1.18 bits per heavy atom. The zero-order chi connectivity index (χ0) is 19.2. The van der Waals surface area contributed by atoms with Crippen molar-refractivity contribution in [2.45, 2.75) is 19.1 Å². The SMILES string of the molecule is O=C(N[C@H](Cn1cccn1)c1ccccc1)c1coc(CN2CCOCC2)c1. The van der Waals surface area contributed by atoms with Crippen molar-refractivity contribution in [2.24, 2.45) is 0 Å². The van der Waals surface area contributed by atoms with E-state index in [2.05, 4.69) is 15.3 Å². The van der Waals surface area contributed by atoms with Crippen molar-refractivity contribution in [1.29, 1.82) is 0 Å². The molecule has 3 heterocycles. The van der Waals surface area contributed by atoms with Crippen LogP contribution in [0.15, 0.2) is 65.5 Å². The number of nitrogens with zero attached hydrogens (tertiary/aromatic N) is 3. The summed E-state index contributed by atoms with van der Waals surface area (Å²) in [5.74, 6) is 0.633. The van der Waals surface area contributed by atoms with Gasteiger partial charge in [-0.05, 0) is 17.7 Å². The zero-order valence-electron chi connectivity index (χ0n) is 15.7. The second kappa shape index (κ2) is 8.86. The lowest BCUT2D eigenvalue weighted by Gasteiger charge is -2.25. The maximum atomic E-state index is 12.8. The van der Waals surface area contributed by atoms with Crippen LogP contribution in [0.1, 0.15) is 27.7 Å². The van der Waals surface area contributed by atoms with Gasteiger partial charge in [-0.1, -0.05) is 30.3 Å². The van der Waals surface area contributed by atoms with Gasteiger partial charge in [0.15, 0.2) is 0 Å². The van der Waals surface area contributed by atoms with E-state index in [1.807, 2.05) is 53.3 Å². The summed E-state index contributed by atoms with van der Waals surface area (Å²) < 4.78 is 12.8. The van der Waals surface area contributed by atoms with Crippen LogP contribution in [0.3, 0.4) is 0 Å². The molecule has 28 heavy (non-hydrogen) atoms. The number of amides is 1. The summed E-state index contributed by atoms with van der Waals surface area (Å²) in [6, 6.07) is 13.4. The van der Waals surface area contributed by atoms with Crippen molar-refractivity contribution >= 4 is 5.91 Å². The number of ether oxygens (including phenoxy) is 1. The van der Waals surface area contributed by atoms with Crippen molar-refractivity contribution in [3.63, 3.8) is 0 Å². The Morgan fingerprint density at radius 3 is 2.75 bits per heavy atom. The minimum Gasteiger partial charge on any atom is -0.467 e. The summed E-state index contributed by atoms with van der Waals surface area (Å²) in [6.07, 6.45) is 5.15.